The van der Waals surface area contributed by atoms with Gasteiger partial charge in [-0.25, -0.2) is 0 Å². The first-order valence-corrected chi connectivity index (χ1v) is 7.48. The van der Waals surface area contributed by atoms with E-state index in [0.29, 0.717) is 12.1 Å². The zero-order valence-electron chi connectivity index (χ0n) is 12.0. The summed E-state index contributed by atoms with van der Waals surface area (Å²) in [6.45, 7) is 6.95. The van der Waals surface area contributed by atoms with Crippen LogP contribution in [0.2, 0.25) is 0 Å². The van der Waals surface area contributed by atoms with E-state index in [2.05, 4.69) is 56.4 Å². The SMILES string of the molecule is CC(C)CCC(C)NC(c1ccccc1)C1CC1. The molecule has 1 aliphatic rings. The molecule has 18 heavy (non-hydrogen) atoms. The highest BCUT2D eigenvalue weighted by atomic mass is 15.0. The second kappa shape index (κ2) is 6.38. The highest BCUT2D eigenvalue weighted by Gasteiger charge is 2.32. The Morgan fingerprint density at radius 2 is 1.72 bits per heavy atom. The lowest BCUT2D eigenvalue weighted by Crippen LogP contribution is -2.32. The van der Waals surface area contributed by atoms with Crippen LogP contribution in [0.1, 0.15) is 58.1 Å². The summed E-state index contributed by atoms with van der Waals surface area (Å²) < 4.78 is 0. The van der Waals surface area contributed by atoms with Gasteiger partial charge < -0.3 is 5.32 Å². The molecule has 2 rings (SSSR count). The molecule has 100 valence electrons. The van der Waals surface area contributed by atoms with Gasteiger partial charge in [0.1, 0.15) is 0 Å². The van der Waals surface area contributed by atoms with Gasteiger partial charge >= 0.3 is 0 Å². The maximum Gasteiger partial charge on any atom is 0.0350 e. The van der Waals surface area contributed by atoms with E-state index in [1.165, 1.54) is 31.2 Å². The van der Waals surface area contributed by atoms with Gasteiger partial charge in [0, 0.05) is 12.1 Å². The van der Waals surface area contributed by atoms with Crippen molar-refractivity contribution in [3.05, 3.63) is 35.9 Å². The van der Waals surface area contributed by atoms with Crippen molar-refractivity contribution in [2.24, 2.45) is 11.8 Å². The molecule has 1 N–H and O–H groups in total. The third-order valence-corrected chi connectivity index (χ3v) is 3.89. The van der Waals surface area contributed by atoms with E-state index in [1.54, 1.807) is 0 Å². The average Bonchev–Trinajstić information content (AvgIpc) is 3.19. The Kier molecular flexibility index (Phi) is 4.82. The van der Waals surface area contributed by atoms with Crippen molar-refractivity contribution in [1.82, 2.24) is 5.32 Å². The van der Waals surface area contributed by atoms with E-state index >= 15 is 0 Å². The topological polar surface area (TPSA) is 12.0 Å². The third-order valence-electron chi connectivity index (χ3n) is 3.89. The van der Waals surface area contributed by atoms with E-state index in [-0.39, 0.29) is 0 Å². The van der Waals surface area contributed by atoms with Crippen LogP contribution in [-0.2, 0) is 0 Å². The van der Waals surface area contributed by atoms with Crippen LogP contribution < -0.4 is 5.32 Å². The van der Waals surface area contributed by atoms with Crippen LogP contribution in [0.5, 0.6) is 0 Å². The van der Waals surface area contributed by atoms with Gasteiger partial charge in [0.2, 0.25) is 0 Å². The van der Waals surface area contributed by atoms with Crippen molar-refractivity contribution in [3.63, 3.8) is 0 Å². The lowest BCUT2D eigenvalue weighted by molar-refractivity contribution is 0.381. The van der Waals surface area contributed by atoms with Gasteiger partial charge in [0.15, 0.2) is 0 Å². The zero-order chi connectivity index (χ0) is 13.0. The van der Waals surface area contributed by atoms with Gasteiger partial charge in [0.25, 0.3) is 0 Å². The van der Waals surface area contributed by atoms with Crippen molar-refractivity contribution in [2.45, 2.75) is 58.5 Å². The zero-order valence-corrected chi connectivity index (χ0v) is 12.0. The standard InChI is InChI=1S/C17H27N/c1-13(2)9-10-14(3)18-17(16-11-12-16)15-7-5-4-6-8-15/h4-8,13-14,16-18H,9-12H2,1-3H3. The number of rotatable bonds is 7. The predicted octanol–water partition coefficient (Wildman–Crippen LogP) is 4.55. The molecule has 0 aliphatic heterocycles. The molecule has 0 saturated heterocycles. The summed E-state index contributed by atoms with van der Waals surface area (Å²) in [6, 6.07) is 12.2. The Morgan fingerprint density at radius 3 is 2.28 bits per heavy atom. The van der Waals surface area contributed by atoms with E-state index in [0.717, 1.165) is 11.8 Å². The molecule has 1 heteroatoms. The molecule has 1 aromatic rings. The van der Waals surface area contributed by atoms with Crippen LogP contribution in [0.4, 0.5) is 0 Å². The van der Waals surface area contributed by atoms with Crippen LogP contribution in [0.25, 0.3) is 0 Å². The van der Waals surface area contributed by atoms with Crippen molar-refractivity contribution >= 4 is 0 Å². The van der Waals surface area contributed by atoms with Crippen LogP contribution in [-0.4, -0.2) is 6.04 Å². The number of nitrogens with one attached hydrogen (secondary N) is 1. The maximum atomic E-state index is 3.85. The Balaban J connectivity index is 1.91. The third kappa shape index (κ3) is 4.13. The molecule has 0 radical (unpaired) electrons. The minimum Gasteiger partial charge on any atom is -0.307 e. The number of hydrogen-bond acceptors (Lipinski definition) is 1. The van der Waals surface area contributed by atoms with E-state index in [4.69, 9.17) is 0 Å². The summed E-state index contributed by atoms with van der Waals surface area (Å²) in [5.41, 5.74) is 1.47. The molecule has 0 heterocycles. The summed E-state index contributed by atoms with van der Waals surface area (Å²) in [5, 5.41) is 3.85. The van der Waals surface area contributed by atoms with Gasteiger partial charge in [-0.1, -0.05) is 44.2 Å². The predicted molar refractivity (Wildman–Crippen MR) is 78.6 cm³/mol. The lowest BCUT2D eigenvalue weighted by atomic mass is 9.99. The van der Waals surface area contributed by atoms with Crippen LogP contribution in [0, 0.1) is 11.8 Å². The molecule has 1 fully saturated rings. The fourth-order valence-corrected chi connectivity index (χ4v) is 2.57. The molecule has 0 spiro atoms. The van der Waals surface area contributed by atoms with Gasteiger partial charge in [-0.2, -0.15) is 0 Å². The van der Waals surface area contributed by atoms with Gasteiger partial charge in [-0.15, -0.1) is 0 Å². The molecular formula is C17H27N. The summed E-state index contributed by atoms with van der Waals surface area (Å²) in [7, 11) is 0. The molecule has 0 amide bonds. The quantitative estimate of drug-likeness (QED) is 0.743. The molecule has 1 saturated carbocycles. The molecule has 1 nitrogen and oxygen atoms in total. The van der Waals surface area contributed by atoms with Gasteiger partial charge in [0.05, 0.1) is 0 Å². The molecule has 1 aromatic carbocycles. The van der Waals surface area contributed by atoms with E-state index in [1.807, 2.05) is 0 Å². The van der Waals surface area contributed by atoms with Crippen molar-refractivity contribution in [3.8, 4) is 0 Å². The summed E-state index contributed by atoms with van der Waals surface area (Å²) >= 11 is 0. The van der Waals surface area contributed by atoms with Gasteiger partial charge in [-0.05, 0) is 50.0 Å². The molecule has 0 bridgehead atoms. The first kappa shape index (κ1) is 13.6. The molecule has 2 atom stereocenters. The Bertz CT molecular complexity index is 340. The fourth-order valence-electron chi connectivity index (χ4n) is 2.57. The average molecular weight is 245 g/mol. The fraction of sp³-hybridized carbons (Fsp3) is 0.647. The normalized spacial score (nSPS) is 18.9. The van der Waals surface area contributed by atoms with Crippen molar-refractivity contribution < 1.29 is 0 Å². The van der Waals surface area contributed by atoms with Crippen LogP contribution in [0.3, 0.4) is 0 Å². The minimum atomic E-state index is 0.577. The smallest absolute Gasteiger partial charge is 0.0350 e. The highest BCUT2D eigenvalue weighted by molar-refractivity contribution is 5.21. The van der Waals surface area contributed by atoms with Crippen LogP contribution >= 0.6 is 0 Å². The molecule has 0 aromatic heterocycles. The summed E-state index contributed by atoms with van der Waals surface area (Å²) in [5.74, 6) is 1.68. The van der Waals surface area contributed by atoms with E-state index < -0.39 is 0 Å². The number of benzene rings is 1. The molecule has 2 unspecified atom stereocenters. The first-order valence-electron chi connectivity index (χ1n) is 7.48. The molecule has 1 aliphatic carbocycles. The van der Waals surface area contributed by atoms with Crippen molar-refractivity contribution in [2.75, 3.05) is 0 Å². The maximum absolute atomic E-state index is 3.85. The van der Waals surface area contributed by atoms with Gasteiger partial charge in [-0.3, -0.25) is 0 Å². The number of hydrogen-bond donors (Lipinski definition) is 1. The second-order valence-electron chi connectivity index (χ2n) is 6.26. The summed E-state index contributed by atoms with van der Waals surface area (Å²) in [6.07, 6.45) is 5.39. The Morgan fingerprint density at radius 1 is 1.06 bits per heavy atom. The minimum absolute atomic E-state index is 0.577. The summed E-state index contributed by atoms with van der Waals surface area (Å²) in [4.78, 5) is 0. The van der Waals surface area contributed by atoms with Crippen LogP contribution in [0.15, 0.2) is 30.3 Å². The lowest BCUT2D eigenvalue weighted by Gasteiger charge is -2.24. The first-order chi connectivity index (χ1) is 8.66. The Labute approximate surface area is 112 Å². The van der Waals surface area contributed by atoms with E-state index in [9.17, 15) is 0 Å². The largest absolute Gasteiger partial charge is 0.307 e. The highest BCUT2D eigenvalue weighted by Crippen LogP contribution is 2.41. The second-order valence-corrected chi connectivity index (χ2v) is 6.26. The Hall–Kier alpha value is -0.820. The monoisotopic (exact) mass is 245 g/mol. The molecular weight excluding hydrogens is 218 g/mol. The van der Waals surface area contributed by atoms with Crippen molar-refractivity contribution in [1.29, 1.82) is 0 Å².